The van der Waals surface area contributed by atoms with Crippen molar-refractivity contribution in [3.05, 3.63) is 11.9 Å². The Kier molecular flexibility index (Phi) is 5.08. The summed E-state index contributed by atoms with van der Waals surface area (Å²) in [5, 5.41) is 12.2. The molecule has 0 radical (unpaired) electrons. The van der Waals surface area contributed by atoms with Gasteiger partial charge in [-0.1, -0.05) is 5.21 Å². The van der Waals surface area contributed by atoms with Gasteiger partial charge in [-0.05, 0) is 6.54 Å². The van der Waals surface area contributed by atoms with Crippen molar-refractivity contribution in [3.8, 4) is 0 Å². The molecule has 0 unspecified atom stereocenters. The SMILES string of the molecule is CNC(=O)NC(=O)CCn1cc(CCN)nn1. The number of aryl methyl sites for hydroxylation is 1. The molecular weight excluding hydrogens is 224 g/mol. The highest BCUT2D eigenvalue weighted by Gasteiger charge is 2.06. The molecular formula is C9H16N6O2. The van der Waals surface area contributed by atoms with E-state index in [-0.39, 0.29) is 12.3 Å². The number of hydrogen-bond acceptors (Lipinski definition) is 5. The summed E-state index contributed by atoms with van der Waals surface area (Å²) in [7, 11) is 1.44. The van der Waals surface area contributed by atoms with E-state index >= 15 is 0 Å². The summed E-state index contributed by atoms with van der Waals surface area (Å²) in [5.41, 5.74) is 6.17. The quantitative estimate of drug-likeness (QED) is 0.587. The number of nitrogens with zero attached hydrogens (tertiary/aromatic N) is 3. The zero-order valence-corrected chi connectivity index (χ0v) is 9.64. The standard InChI is InChI=1S/C9H16N6O2/c1-11-9(17)12-8(16)3-5-15-6-7(2-4-10)13-14-15/h6H,2-5,10H2,1H3,(H2,11,12,16,17). The third kappa shape index (κ3) is 4.60. The lowest BCUT2D eigenvalue weighted by molar-refractivity contribution is -0.120. The summed E-state index contributed by atoms with van der Waals surface area (Å²) in [4.78, 5) is 22.1. The fourth-order valence-corrected chi connectivity index (χ4v) is 1.18. The largest absolute Gasteiger partial charge is 0.341 e. The van der Waals surface area contributed by atoms with E-state index in [4.69, 9.17) is 5.73 Å². The molecule has 0 atom stereocenters. The van der Waals surface area contributed by atoms with Crippen LogP contribution in [0.5, 0.6) is 0 Å². The van der Waals surface area contributed by atoms with Gasteiger partial charge in [-0.3, -0.25) is 14.8 Å². The van der Waals surface area contributed by atoms with Crippen molar-refractivity contribution in [3.63, 3.8) is 0 Å². The molecule has 0 aliphatic rings. The Balaban J connectivity index is 2.34. The first-order valence-corrected chi connectivity index (χ1v) is 5.26. The first-order valence-electron chi connectivity index (χ1n) is 5.26. The van der Waals surface area contributed by atoms with Crippen LogP contribution in [-0.4, -0.2) is 40.5 Å². The van der Waals surface area contributed by atoms with Crippen molar-refractivity contribution in [2.24, 2.45) is 5.73 Å². The van der Waals surface area contributed by atoms with Gasteiger partial charge in [-0.25, -0.2) is 4.79 Å². The minimum absolute atomic E-state index is 0.166. The van der Waals surface area contributed by atoms with Crippen LogP contribution in [0.3, 0.4) is 0 Å². The highest BCUT2D eigenvalue weighted by Crippen LogP contribution is 1.95. The van der Waals surface area contributed by atoms with Gasteiger partial charge >= 0.3 is 6.03 Å². The van der Waals surface area contributed by atoms with Crippen molar-refractivity contribution in [1.82, 2.24) is 25.6 Å². The third-order valence-electron chi connectivity index (χ3n) is 2.03. The number of amides is 3. The van der Waals surface area contributed by atoms with Gasteiger partial charge in [0.05, 0.1) is 12.2 Å². The predicted molar refractivity (Wildman–Crippen MR) is 60.0 cm³/mol. The van der Waals surface area contributed by atoms with Crippen LogP contribution >= 0.6 is 0 Å². The highest BCUT2D eigenvalue weighted by molar-refractivity contribution is 5.94. The molecule has 17 heavy (non-hydrogen) atoms. The Morgan fingerprint density at radius 2 is 2.29 bits per heavy atom. The van der Waals surface area contributed by atoms with Gasteiger partial charge < -0.3 is 11.1 Å². The fraction of sp³-hybridized carbons (Fsp3) is 0.556. The first kappa shape index (κ1) is 13.1. The van der Waals surface area contributed by atoms with Gasteiger partial charge in [-0.15, -0.1) is 5.10 Å². The molecule has 0 aliphatic heterocycles. The van der Waals surface area contributed by atoms with Crippen molar-refractivity contribution in [2.75, 3.05) is 13.6 Å². The van der Waals surface area contributed by atoms with Crippen LogP contribution in [0.2, 0.25) is 0 Å². The minimum Gasteiger partial charge on any atom is -0.341 e. The molecule has 94 valence electrons. The fourth-order valence-electron chi connectivity index (χ4n) is 1.18. The summed E-state index contributed by atoms with van der Waals surface area (Å²) in [6, 6.07) is -0.516. The molecule has 0 saturated carbocycles. The monoisotopic (exact) mass is 240 g/mol. The second kappa shape index (κ2) is 6.59. The molecule has 0 bridgehead atoms. The normalized spacial score (nSPS) is 10.0. The Morgan fingerprint density at radius 1 is 1.53 bits per heavy atom. The van der Waals surface area contributed by atoms with Crippen LogP contribution in [0.15, 0.2) is 6.20 Å². The topological polar surface area (TPSA) is 115 Å². The Labute approximate surface area is 98.5 Å². The smallest absolute Gasteiger partial charge is 0.321 e. The molecule has 0 saturated heterocycles. The molecule has 0 aliphatic carbocycles. The lowest BCUT2D eigenvalue weighted by Gasteiger charge is -2.02. The Morgan fingerprint density at radius 3 is 2.94 bits per heavy atom. The van der Waals surface area contributed by atoms with Crippen molar-refractivity contribution in [1.29, 1.82) is 0 Å². The molecule has 4 N–H and O–H groups in total. The zero-order chi connectivity index (χ0) is 12.7. The minimum atomic E-state index is -0.516. The van der Waals surface area contributed by atoms with Crippen LogP contribution in [0.25, 0.3) is 0 Å². The van der Waals surface area contributed by atoms with Crippen molar-refractivity contribution in [2.45, 2.75) is 19.4 Å². The third-order valence-corrected chi connectivity index (χ3v) is 2.03. The summed E-state index contributed by atoms with van der Waals surface area (Å²) < 4.78 is 1.55. The molecule has 8 heteroatoms. The summed E-state index contributed by atoms with van der Waals surface area (Å²) in [6.07, 6.45) is 2.56. The number of rotatable bonds is 5. The molecule has 1 rings (SSSR count). The maximum absolute atomic E-state index is 11.3. The number of carbonyl (C=O) groups excluding carboxylic acids is 2. The maximum atomic E-state index is 11.3. The van der Waals surface area contributed by atoms with Gasteiger partial charge in [0.1, 0.15) is 0 Å². The molecule has 3 amide bonds. The summed E-state index contributed by atoms with van der Waals surface area (Å²) >= 11 is 0. The van der Waals surface area contributed by atoms with E-state index in [9.17, 15) is 9.59 Å². The van der Waals surface area contributed by atoms with Gasteiger partial charge in [0.2, 0.25) is 5.91 Å². The highest BCUT2D eigenvalue weighted by atomic mass is 16.2. The number of carbonyl (C=O) groups is 2. The molecule has 0 fully saturated rings. The van der Waals surface area contributed by atoms with E-state index in [1.54, 1.807) is 10.9 Å². The second-order valence-electron chi connectivity index (χ2n) is 3.39. The molecule has 1 aromatic heterocycles. The van der Waals surface area contributed by atoms with Gasteiger partial charge in [-0.2, -0.15) is 0 Å². The Bertz CT molecular complexity index is 389. The van der Waals surface area contributed by atoms with Crippen LogP contribution < -0.4 is 16.4 Å². The average molecular weight is 240 g/mol. The molecule has 8 nitrogen and oxygen atoms in total. The van der Waals surface area contributed by atoms with Crippen LogP contribution in [-0.2, 0) is 17.8 Å². The van der Waals surface area contributed by atoms with E-state index in [0.717, 1.165) is 5.69 Å². The molecule has 0 aromatic carbocycles. The zero-order valence-electron chi connectivity index (χ0n) is 9.64. The first-order chi connectivity index (χ1) is 8.15. The number of aromatic nitrogens is 3. The lowest BCUT2D eigenvalue weighted by atomic mass is 10.3. The molecule has 1 heterocycles. The van der Waals surface area contributed by atoms with Crippen molar-refractivity contribution < 1.29 is 9.59 Å². The van der Waals surface area contributed by atoms with Crippen LogP contribution in [0, 0.1) is 0 Å². The van der Waals surface area contributed by atoms with Gasteiger partial charge in [0, 0.05) is 26.1 Å². The van der Waals surface area contributed by atoms with Gasteiger partial charge in [0.15, 0.2) is 0 Å². The average Bonchev–Trinajstić information content (AvgIpc) is 2.74. The number of nitrogens with one attached hydrogen (secondary N) is 2. The lowest BCUT2D eigenvalue weighted by Crippen LogP contribution is -2.37. The number of nitrogens with two attached hydrogens (primary N) is 1. The van der Waals surface area contributed by atoms with E-state index < -0.39 is 6.03 Å². The number of hydrogen-bond donors (Lipinski definition) is 3. The predicted octanol–water partition coefficient (Wildman–Crippen LogP) is -1.37. The van der Waals surface area contributed by atoms with Crippen LogP contribution in [0.4, 0.5) is 4.79 Å². The maximum Gasteiger partial charge on any atom is 0.321 e. The Hall–Kier alpha value is -1.96. The van der Waals surface area contributed by atoms with Crippen LogP contribution in [0.1, 0.15) is 12.1 Å². The van der Waals surface area contributed by atoms with E-state index in [1.807, 2.05) is 0 Å². The number of urea groups is 1. The van der Waals surface area contributed by atoms with Crippen molar-refractivity contribution >= 4 is 11.9 Å². The molecule has 1 aromatic rings. The summed E-state index contributed by atoms with van der Waals surface area (Å²) in [5.74, 6) is -0.361. The molecule has 0 spiro atoms. The van der Waals surface area contributed by atoms with E-state index in [0.29, 0.717) is 19.5 Å². The van der Waals surface area contributed by atoms with E-state index in [2.05, 4.69) is 20.9 Å². The van der Waals surface area contributed by atoms with Gasteiger partial charge in [0.25, 0.3) is 0 Å². The summed E-state index contributed by atoms with van der Waals surface area (Å²) in [6.45, 7) is 0.885. The second-order valence-corrected chi connectivity index (χ2v) is 3.39. The number of imide groups is 1. The van der Waals surface area contributed by atoms with E-state index in [1.165, 1.54) is 7.05 Å².